The minimum atomic E-state index is -0.239. The molecule has 5 heteroatoms. The zero-order chi connectivity index (χ0) is 16.5. The van der Waals surface area contributed by atoms with Gasteiger partial charge in [-0.1, -0.05) is 18.6 Å². The Kier molecular flexibility index (Phi) is 4.08. The van der Waals surface area contributed by atoms with Gasteiger partial charge in [0.05, 0.1) is 17.2 Å². The molecule has 4 rings (SSSR count). The Balaban J connectivity index is 1.36. The molecule has 2 aliphatic rings. The summed E-state index contributed by atoms with van der Waals surface area (Å²) in [6.07, 6.45) is 7.88. The van der Waals surface area contributed by atoms with Gasteiger partial charge in [0.2, 0.25) is 5.91 Å². The monoisotopic (exact) mass is 325 g/mol. The van der Waals surface area contributed by atoms with Gasteiger partial charge in [-0.25, -0.2) is 4.98 Å². The molecule has 2 fully saturated rings. The van der Waals surface area contributed by atoms with E-state index in [4.69, 9.17) is 0 Å². The Hall–Kier alpha value is -2.17. The molecule has 2 saturated carbocycles. The van der Waals surface area contributed by atoms with Crippen molar-refractivity contribution in [1.82, 2.24) is 14.9 Å². The number of aromatic nitrogens is 2. The van der Waals surface area contributed by atoms with Gasteiger partial charge in [-0.2, -0.15) is 0 Å². The van der Waals surface area contributed by atoms with Crippen LogP contribution >= 0.6 is 0 Å². The van der Waals surface area contributed by atoms with Crippen LogP contribution in [0.5, 0.6) is 0 Å². The first-order valence-corrected chi connectivity index (χ1v) is 8.92. The molecule has 2 aromatic rings. The lowest BCUT2D eigenvalue weighted by Gasteiger charge is -2.21. The van der Waals surface area contributed by atoms with Crippen LogP contribution in [-0.2, 0) is 11.3 Å². The number of rotatable bonds is 5. The molecule has 5 nitrogen and oxygen atoms in total. The van der Waals surface area contributed by atoms with Crippen LogP contribution in [0.1, 0.15) is 32.1 Å². The highest BCUT2D eigenvalue weighted by atomic mass is 16.2. The molecule has 0 unspecified atom stereocenters. The van der Waals surface area contributed by atoms with Crippen molar-refractivity contribution >= 4 is 16.9 Å². The minimum absolute atomic E-state index is 0.0542. The number of carbonyl (C=O) groups is 1. The molecule has 0 radical (unpaired) electrons. The second-order valence-electron chi connectivity index (χ2n) is 7.24. The standard InChI is InChI=1S/C19H23N3O2/c23-18(20-8-7-15-10-13-5-6-14(15)9-13)12-22-17-4-2-1-3-16(17)21-11-19(22)24/h1-4,11,13-15H,5-10,12H2,(H,20,23)/t13-,14+,15-/m0/s1. The van der Waals surface area contributed by atoms with Crippen molar-refractivity contribution in [1.29, 1.82) is 0 Å². The van der Waals surface area contributed by atoms with Gasteiger partial charge in [-0.05, 0) is 55.6 Å². The van der Waals surface area contributed by atoms with Gasteiger partial charge in [-0.15, -0.1) is 0 Å². The van der Waals surface area contributed by atoms with Gasteiger partial charge in [-0.3, -0.25) is 14.2 Å². The van der Waals surface area contributed by atoms with E-state index < -0.39 is 0 Å². The molecule has 24 heavy (non-hydrogen) atoms. The fourth-order valence-corrected chi connectivity index (χ4v) is 4.60. The smallest absolute Gasteiger partial charge is 0.269 e. The maximum absolute atomic E-state index is 12.3. The molecule has 126 valence electrons. The second kappa shape index (κ2) is 6.38. The van der Waals surface area contributed by atoms with Crippen molar-refractivity contribution in [3.8, 4) is 0 Å². The van der Waals surface area contributed by atoms with Gasteiger partial charge >= 0.3 is 0 Å². The van der Waals surface area contributed by atoms with E-state index in [1.54, 1.807) is 0 Å². The van der Waals surface area contributed by atoms with E-state index in [0.717, 1.165) is 29.7 Å². The number of para-hydroxylation sites is 2. The predicted molar refractivity (Wildman–Crippen MR) is 92.6 cm³/mol. The van der Waals surface area contributed by atoms with Crippen molar-refractivity contribution in [2.24, 2.45) is 17.8 Å². The topological polar surface area (TPSA) is 64.0 Å². The zero-order valence-electron chi connectivity index (χ0n) is 13.8. The summed E-state index contributed by atoms with van der Waals surface area (Å²) in [6.45, 7) is 0.767. The minimum Gasteiger partial charge on any atom is -0.355 e. The molecule has 1 aromatic heterocycles. The van der Waals surface area contributed by atoms with Crippen LogP contribution in [0.3, 0.4) is 0 Å². The van der Waals surface area contributed by atoms with Crippen LogP contribution in [0, 0.1) is 17.8 Å². The summed E-state index contributed by atoms with van der Waals surface area (Å²) in [5.74, 6) is 2.52. The predicted octanol–water partition coefficient (Wildman–Crippen LogP) is 2.34. The molecule has 0 saturated heterocycles. The lowest BCUT2D eigenvalue weighted by atomic mass is 9.86. The number of carbonyl (C=O) groups excluding carboxylic acids is 1. The van der Waals surface area contributed by atoms with E-state index in [2.05, 4.69) is 10.3 Å². The van der Waals surface area contributed by atoms with Crippen LogP contribution in [-0.4, -0.2) is 22.0 Å². The average Bonchev–Trinajstić information content (AvgIpc) is 3.20. The Labute approximate surface area is 141 Å². The molecule has 1 amide bonds. The lowest BCUT2D eigenvalue weighted by molar-refractivity contribution is -0.121. The number of nitrogens with zero attached hydrogens (tertiary/aromatic N) is 2. The van der Waals surface area contributed by atoms with E-state index >= 15 is 0 Å². The Bertz CT molecular complexity index is 814. The van der Waals surface area contributed by atoms with Crippen molar-refractivity contribution in [2.45, 2.75) is 38.6 Å². The van der Waals surface area contributed by atoms with E-state index in [0.29, 0.717) is 12.1 Å². The molecular formula is C19H23N3O2. The number of amides is 1. The molecule has 2 bridgehead atoms. The largest absolute Gasteiger partial charge is 0.355 e. The molecule has 1 heterocycles. The van der Waals surface area contributed by atoms with Crippen LogP contribution < -0.4 is 10.9 Å². The summed E-state index contributed by atoms with van der Waals surface area (Å²) in [6, 6.07) is 7.40. The number of benzene rings is 1. The van der Waals surface area contributed by atoms with Gasteiger partial charge in [0, 0.05) is 6.54 Å². The maximum Gasteiger partial charge on any atom is 0.269 e. The molecule has 0 spiro atoms. The number of fused-ring (bicyclic) bond motifs is 3. The summed E-state index contributed by atoms with van der Waals surface area (Å²) in [4.78, 5) is 28.4. The lowest BCUT2D eigenvalue weighted by Crippen LogP contribution is -2.33. The first kappa shape index (κ1) is 15.4. The molecule has 2 aliphatic carbocycles. The number of hydrogen-bond acceptors (Lipinski definition) is 3. The molecular weight excluding hydrogens is 302 g/mol. The Morgan fingerprint density at radius 3 is 2.92 bits per heavy atom. The Morgan fingerprint density at radius 1 is 1.25 bits per heavy atom. The average molecular weight is 325 g/mol. The van der Waals surface area contributed by atoms with Crippen LogP contribution in [0.25, 0.3) is 11.0 Å². The SMILES string of the molecule is O=C(Cn1c(=O)cnc2ccccc21)NCC[C@H]1C[C@H]2CC[C@@H]1C2. The quantitative estimate of drug-likeness (QED) is 0.918. The van der Waals surface area contributed by atoms with Crippen molar-refractivity contribution < 1.29 is 4.79 Å². The van der Waals surface area contributed by atoms with Crippen LogP contribution in [0.15, 0.2) is 35.3 Å². The number of hydrogen-bond donors (Lipinski definition) is 1. The molecule has 0 aliphatic heterocycles. The van der Waals surface area contributed by atoms with Crippen molar-refractivity contribution in [3.63, 3.8) is 0 Å². The highest BCUT2D eigenvalue weighted by Crippen LogP contribution is 2.49. The van der Waals surface area contributed by atoms with E-state index in [9.17, 15) is 9.59 Å². The summed E-state index contributed by atoms with van der Waals surface area (Å²) in [5, 5.41) is 2.99. The van der Waals surface area contributed by atoms with Crippen LogP contribution in [0.2, 0.25) is 0 Å². The fourth-order valence-electron chi connectivity index (χ4n) is 4.60. The van der Waals surface area contributed by atoms with Gasteiger partial charge in [0.25, 0.3) is 5.56 Å². The van der Waals surface area contributed by atoms with Gasteiger partial charge in [0.15, 0.2) is 0 Å². The summed E-state index contributed by atoms with van der Waals surface area (Å²) in [7, 11) is 0. The molecule has 1 N–H and O–H groups in total. The van der Waals surface area contributed by atoms with E-state index in [1.807, 2.05) is 24.3 Å². The second-order valence-corrected chi connectivity index (χ2v) is 7.24. The van der Waals surface area contributed by atoms with Gasteiger partial charge in [0.1, 0.15) is 6.54 Å². The molecule has 1 aromatic carbocycles. The third kappa shape index (κ3) is 2.95. The summed E-state index contributed by atoms with van der Waals surface area (Å²) in [5.41, 5.74) is 1.19. The number of nitrogens with one attached hydrogen (secondary N) is 1. The maximum atomic E-state index is 12.3. The zero-order valence-corrected chi connectivity index (χ0v) is 13.8. The van der Waals surface area contributed by atoms with Gasteiger partial charge < -0.3 is 5.32 Å². The summed E-state index contributed by atoms with van der Waals surface area (Å²) >= 11 is 0. The fraction of sp³-hybridized carbons (Fsp3) is 0.526. The van der Waals surface area contributed by atoms with Crippen molar-refractivity contribution in [2.75, 3.05) is 6.54 Å². The van der Waals surface area contributed by atoms with Crippen LogP contribution in [0.4, 0.5) is 0 Å². The third-order valence-corrected chi connectivity index (χ3v) is 5.78. The van der Waals surface area contributed by atoms with E-state index in [1.165, 1.54) is 36.4 Å². The molecule has 3 atom stereocenters. The first-order valence-electron chi connectivity index (χ1n) is 8.92. The summed E-state index contributed by atoms with van der Waals surface area (Å²) < 4.78 is 1.50. The van der Waals surface area contributed by atoms with E-state index in [-0.39, 0.29) is 18.0 Å². The third-order valence-electron chi connectivity index (χ3n) is 5.78. The Morgan fingerprint density at radius 2 is 2.12 bits per heavy atom. The highest BCUT2D eigenvalue weighted by molar-refractivity contribution is 5.79. The normalized spacial score (nSPS) is 25.2. The highest BCUT2D eigenvalue weighted by Gasteiger charge is 2.38. The van der Waals surface area contributed by atoms with Crippen molar-refractivity contribution in [3.05, 3.63) is 40.8 Å². The first-order chi connectivity index (χ1) is 11.7.